The molecule has 0 radical (unpaired) electrons. The summed E-state index contributed by atoms with van der Waals surface area (Å²) in [5.74, 6) is 0. The Bertz CT molecular complexity index is 350. The standard InChI is InChI=1S/C9H11Cl2N3/c1-9(2-3-9)5-12-6-4-7(10)13-14-8(6)11/h4H,2-3,5H2,1H3,(H,12,13). The van der Waals surface area contributed by atoms with E-state index >= 15 is 0 Å². The van der Waals surface area contributed by atoms with Gasteiger partial charge in [-0.25, -0.2) is 0 Å². The number of nitrogens with one attached hydrogen (secondary N) is 1. The minimum Gasteiger partial charge on any atom is -0.382 e. The van der Waals surface area contributed by atoms with Gasteiger partial charge in [-0.15, -0.1) is 10.2 Å². The molecule has 0 amide bonds. The molecule has 14 heavy (non-hydrogen) atoms. The highest BCUT2D eigenvalue weighted by molar-refractivity contribution is 6.33. The molecule has 1 aromatic rings. The van der Waals surface area contributed by atoms with Gasteiger partial charge in [-0.05, 0) is 18.3 Å². The van der Waals surface area contributed by atoms with Crippen molar-refractivity contribution in [3.63, 3.8) is 0 Å². The predicted molar refractivity (Wildman–Crippen MR) is 57.9 cm³/mol. The van der Waals surface area contributed by atoms with Crippen LogP contribution in [0.2, 0.25) is 10.3 Å². The lowest BCUT2D eigenvalue weighted by atomic mass is 10.1. The minimum absolute atomic E-state index is 0.359. The molecule has 0 aromatic carbocycles. The van der Waals surface area contributed by atoms with Crippen LogP contribution in [-0.2, 0) is 0 Å². The molecule has 1 aliphatic carbocycles. The summed E-state index contributed by atoms with van der Waals surface area (Å²) in [4.78, 5) is 0. The second-order valence-electron chi connectivity index (χ2n) is 4.04. The topological polar surface area (TPSA) is 37.8 Å². The first-order valence-corrected chi connectivity index (χ1v) is 5.27. The van der Waals surface area contributed by atoms with Gasteiger partial charge in [-0.1, -0.05) is 30.1 Å². The van der Waals surface area contributed by atoms with Crippen LogP contribution < -0.4 is 5.32 Å². The van der Waals surface area contributed by atoms with E-state index in [4.69, 9.17) is 23.2 Å². The quantitative estimate of drug-likeness (QED) is 0.870. The normalized spacial score (nSPS) is 17.9. The summed E-state index contributed by atoms with van der Waals surface area (Å²) < 4.78 is 0. The third kappa shape index (κ3) is 2.28. The highest BCUT2D eigenvalue weighted by Crippen LogP contribution is 2.44. The van der Waals surface area contributed by atoms with E-state index < -0.39 is 0 Å². The first-order chi connectivity index (χ1) is 6.59. The molecule has 1 aromatic heterocycles. The predicted octanol–water partition coefficient (Wildman–Crippen LogP) is 3.00. The molecule has 0 aliphatic heterocycles. The van der Waals surface area contributed by atoms with Crippen LogP contribution in [0.4, 0.5) is 5.69 Å². The fraction of sp³-hybridized carbons (Fsp3) is 0.556. The van der Waals surface area contributed by atoms with Crippen molar-refractivity contribution >= 4 is 28.9 Å². The van der Waals surface area contributed by atoms with Crippen molar-refractivity contribution in [2.24, 2.45) is 5.41 Å². The Labute approximate surface area is 92.8 Å². The number of hydrogen-bond donors (Lipinski definition) is 1. The molecule has 5 heteroatoms. The fourth-order valence-corrected chi connectivity index (χ4v) is 1.48. The first-order valence-electron chi connectivity index (χ1n) is 4.52. The maximum absolute atomic E-state index is 5.85. The Morgan fingerprint density at radius 2 is 2.14 bits per heavy atom. The Morgan fingerprint density at radius 3 is 2.79 bits per heavy atom. The second-order valence-corrected chi connectivity index (χ2v) is 4.78. The Balaban J connectivity index is 2.04. The molecule has 1 aliphatic rings. The van der Waals surface area contributed by atoms with Crippen LogP contribution in [0.25, 0.3) is 0 Å². The first kappa shape index (κ1) is 9.99. The average molecular weight is 232 g/mol. The SMILES string of the molecule is CC1(CNc2cc(Cl)nnc2Cl)CC1. The van der Waals surface area contributed by atoms with Crippen molar-refractivity contribution < 1.29 is 0 Å². The fourth-order valence-electron chi connectivity index (χ4n) is 1.18. The lowest BCUT2D eigenvalue weighted by Crippen LogP contribution is -2.12. The summed E-state index contributed by atoms with van der Waals surface area (Å²) in [6, 6.07) is 1.70. The average Bonchev–Trinajstić information content (AvgIpc) is 2.87. The zero-order valence-corrected chi connectivity index (χ0v) is 9.36. The molecule has 0 unspecified atom stereocenters. The van der Waals surface area contributed by atoms with Crippen LogP contribution >= 0.6 is 23.2 Å². The Morgan fingerprint density at radius 1 is 1.43 bits per heavy atom. The van der Waals surface area contributed by atoms with E-state index in [9.17, 15) is 0 Å². The van der Waals surface area contributed by atoms with Crippen molar-refractivity contribution in [1.29, 1.82) is 0 Å². The van der Waals surface area contributed by atoms with Crippen LogP contribution in [0.15, 0.2) is 6.07 Å². The molecule has 1 heterocycles. The number of anilines is 1. The molecule has 0 bridgehead atoms. The Hall–Kier alpha value is -0.540. The zero-order chi connectivity index (χ0) is 10.2. The number of rotatable bonds is 3. The molecular formula is C9H11Cl2N3. The summed E-state index contributed by atoms with van der Waals surface area (Å²) in [6.45, 7) is 3.15. The zero-order valence-electron chi connectivity index (χ0n) is 7.85. The number of nitrogens with zero attached hydrogens (tertiary/aromatic N) is 2. The maximum Gasteiger partial charge on any atom is 0.174 e. The molecule has 0 saturated heterocycles. The molecule has 1 fully saturated rings. The van der Waals surface area contributed by atoms with E-state index in [-0.39, 0.29) is 0 Å². The summed E-state index contributed by atoms with van der Waals surface area (Å²) in [6.07, 6.45) is 2.54. The van der Waals surface area contributed by atoms with Gasteiger partial charge in [-0.2, -0.15) is 0 Å². The molecule has 0 atom stereocenters. The van der Waals surface area contributed by atoms with E-state index in [1.165, 1.54) is 12.8 Å². The van der Waals surface area contributed by atoms with E-state index in [2.05, 4.69) is 22.4 Å². The van der Waals surface area contributed by atoms with Crippen LogP contribution in [-0.4, -0.2) is 16.7 Å². The highest BCUT2D eigenvalue weighted by atomic mass is 35.5. The molecule has 2 rings (SSSR count). The van der Waals surface area contributed by atoms with Crippen LogP contribution in [0, 0.1) is 5.41 Å². The van der Waals surface area contributed by atoms with Gasteiger partial charge in [0, 0.05) is 12.6 Å². The molecule has 1 saturated carbocycles. The van der Waals surface area contributed by atoms with Gasteiger partial charge in [0.2, 0.25) is 0 Å². The monoisotopic (exact) mass is 231 g/mol. The molecule has 0 spiro atoms. The van der Waals surface area contributed by atoms with Crippen molar-refractivity contribution in [3.8, 4) is 0 Å². The summed E-state index contributed by atoms with van der Waals surface area (Å²) in [5.41, 5.74) is 1.19. The summed E-state index contributed by atoms with van der Waals surface area (Å²) >= 11 is 11.6. The van der Waals surface area contributed by atoms with Crippen LogP contribution in [0.1, 0.15) is 19.8 Å². The third-order valence-electron chi connectivity index (χ3n) is 2.53. The smallest absolute Gasteiger partial charge is 0.174 e. The lowest BCUT2D eigenvalue weighted by molar-refractivity contribution is 0.610. The molecular weight excluding hydrogens is 221 g/mol. The van der Waals surface area contributed by atoms with Gasteiger partial charge in [-0.3, -0.25) is 0 Å². The second kappa shape index (κ2) is 3.55. The number of hydrogen-bond acceptors (Lipinski definition) is 3. The van der Waals surface area contributed by atoms with Gasteiger partial charge < -0.3 is 5.32 Å². The summed E-state index contributed by atoms with van der Waals surface area (Å²) in [7, 11) is 0. The highest BCUT2D eigenvalue weighted by Gasteiger charge is 2.36. The van der Waals surface area contributed by atoms with Crippen molar-refractivity contribution in [2.75, 3.05) is 11.9 Å². The number of halogens is 2. The number of aromatic nitrogens is 2. The van der Waals surface area contributed by atoms with Gasteiger partial charge in [0.15, 0.2) is 10.3 Å². The minimum atomic E-state index is 0.359. The van der Waals surface area contributed by atoms with Gasteiger partial charge in [0.05, 0.1) is 5.69 Å². The van der Waals surface area contributed by atoms with E-state index in [0.29, 0.717) is 15.7 Å². The van der Waals surface area contributed by atoms with Crippen molar-refractivity contribution in [1.82, 2.24) is 10.2 Å². The lowest BCUT2D eigenvalue weighted by Gasteiger charge is -2.11. The van der Waals surface area contributed by atoms with E-state index in [1.807, 2.05) is 0 Å². The van der Waals surface area contributed by atoms with E-state index in [1.54, 1.807) is 6.07 Å². The summed E-state index contributed by atoms with van der Waals surface area (Å²) in [5, 5.41) is 11.3. The van der Waals surface area contributed by atoms with E-state index in [0.717, 1.165) is 12.2 Å². The molecule has 3 nitrogen and oxygen atoms in total. The molecule has 76 valence electrons. The third-order valence-corrected chi connectivity index (χ3v) is 2.99. The molecule has 1 N–H and O–H groups in total. The van der Waals surface area contributed by atoms with Gasteiger partial charge >= 0.3 is 0 Å². The maximum atomic E-state index is 5.85. The van der Waals surface area contributed by atoms with Crippen LogP contribution in [0.3, 0.4) is 0 Å². The van der Waals surface area contributed by atoms with Gasteiger partial charge in [0.1, 0.15) is 0 Å². The van der Waals surface area contributed by atoms with Crippen molar-refractivity contribution in [3.05, 3.63) is 16.4 Å². The Kier molecular flexibility index (Phi) is 2.54. The van der Waals surface area contributed by atoms with Crippen LogP contribution in [0.5, 0.6) is 0 Å². The van der Waals surface area contributed by atoms with Crippen molar-refractivity contribution in [2.45, 2.75) is 19.8 Å². The van der Waals surface area contributed by atoms with Gasteiger partial charge in [0.25, 0.3) is 0 Å². The largest absolute Gasteiger partial charge is 0.382 e.